The van der Waals surface area contributed by atoms with Crippen molar-refractivity contribution in [2.45, 2.75) is 11.8 Å². The molecule has 4 rings (SSSR count). The average Bonchev–Trinajstić information content (AvgIpc) is 2.84. The summed E-state index contributed by atoms with van der Waals surface area (Å²) in [7, 11) is -0.798. The Kier molecular flexibility index (Phi) is 6.66. The second kappa shape index (κ2) is 9.63. The molecule has 0 unspecified atom stereocenters. The van der Waals surface area contributed by atoms with Gasteiger partial charge in [0.05, 0.1) is 14.2 Å². The molecule has 0 bridgehead atoms. The van der Waals surface area contributed by atoms with Gasteiger partial charge in [0.15, 0.2) is 0 Å². The molecule has 1 fully saturated rings. The van der Waals surface area contributed by atoms with E-state index in [1.807, 2.05) is 48.2 Å². The van der Waals surface area contributed by atoms with Gasteiger partial charge in [-0.25, -0.2) is 13.4 Å². The topological polar surface area (TPSA) is 96.9 Å². The van der Waals surface area contributed by atoms with E-state index in [1.165, 1.54) is 24.6 Å². The van der Waals surface area contributed by atoms with Crippen LogP contribution in [0.15, 0.2) is 59.5 Å². The number of ether oxygens (including phenoxy) is 2. The number of benzene rings is 2. The van der Waals surface area contributed by atoms with Crippen LogP contribution in [0.3, 0.4) is 0 Å². The molecule has 0 saturated carbocycles. The molecule has 174 valence electrons. The van der Waals surface area contributed by atoms with E-state index in [0.29, 0.717) is 43.7 Å². The summed E-state index contributed by atoms with van der Waals surface area (Å²) in [5, 5.41) is 3.29. The maximum atomic E-state index is 13.3. The van der Waals surface area contributed by atoms with Crippen molar-refractivity contribution in [1.29, 1.82) is 0 Å². The summed E-state index contributed by atoms with van der Waals surface area (Å²) in [6.45, 7) is 3.47. The second-order valence-corrected chi connectivity index (χ2v) is 9.50. The van der Waals surface area contributed by atoms with Crippen LogP contribution in [0.5, 0.6) is 11.5 Å². The first kappa shape index (κ1) is 22.8. The molecule has 2 aromatic carbocycles. The van der Waals surface area contributed by atoms with Crippen molar-refractivity contribution in [3.8, 4) is 11.5 Å². The molecule has 0 spiro atoms. The minimum absolute atomic E-state index is 0.0963. The number of piperazine rings is 1. The lowest BCUT2D eigenvalue weighted by Crippen LogP contribution is -2.49. The highest BCUT2D eigenvalue weighted by Crippen LogP contribution is 2.31. The molecule has 1 aromatic heterocycles. The highest BCUT2D eigenvalue weighted by Gasteiger charge is 2.32. The zero-order valence-electron chi connectivity index (χ0n) is 18.9. The van der Waals surface area contributed by atoms with E-state index >= 15 is 0 Å². The van der Waals surface area contributed by atoms with Gasteiger partial charge < -0.3 is 19.7 Å². The first-order valence-electron chi connectivity index (χ1n) is 10.6. The number of rotatable bonds is 7. The molecule has 1 aliphatic rings. The van der Waals surface area contributed by atoms with Gasteiger partial charge in [-0.1, -0.05) is 18.2 Å². The molecular formula is C23H27N5O4S. The SMILES string of the molecule is COc1ccc(OC)c(S(=O)(=O)N2CCN(c3nc(C)cc(Nc4ccccc4)n3)CC2)c1. The number of hydrogen-bond acceptors (Lipinski definition) is 8. The quantitative estimate of drug-likeness (QED) is 0.564. The number of anilines is 3. The number of nitrogens with zero attached hydrogens (tertiary/aromatic N) is 4. The van der Waals surface area contributed by atoms with Crippen molar-refractivity contribution in [2.75, 3.05) is 50.6 Å². The van der Waals surface area contributed by atoms with Crippen molar-refractivity contribution in [3.63, 3.8) is 0 Å². The van der Waals surface area contributed by atoms with Crippen molar-refractivity contribution in [3.05, 3.63) is 60.3 Å². The fourth-order valence-corrected chi connectivity index (χ4v) is 5.27. The van der Waals surface area contributed by atoms with E-state index in [0.717, 1.165) is 11.4 Å². The monoisotopic (exact) mass is 469 g/mol. The van der Waals surface area contributed by atoms with Gasteiger partial charge >= 0.3 is 0 Å². The van der Waals surface area contributed by atoms with Crippen LogP contribution in [0.1, 0.15) is 5.69 Å². The van der Waals surface area contributed by atoms with Crippen molar-refractivity contribution in [2.24, 2.45) is 0 Å². The molecule has 0 aliphatic carbocycles. The van der Waals surface area contributed by atoms with Crippen LogP contribution in [-0.2, 0) is 10.0 Å². The molecule has 1 aliphatic heterocycles. The number of para-hydroxylation sites is 1. The lowest BCUT2D eigenvalue weighted by atomic mass is 10.3. The molecule has 2 heterocycles. The molecule has 10 heteroatoms. The molecule has 3 aromatic rings. The van der Waals surface area contributed by atoms with Crippen molar-refractivity contribution < 1.29 is 17.9 Å². The van der Waals surface area contributed by atoms with E-state index in [4.69, 9.17) is 9.47 Å². The fourth-order valence-electron chi connectivity index (χ4n) is 3.68. The Hall–Kier alpha value is -3.37. The molecule has 33 heavy (non-hydrogen) atoms. The maximum absolute atomic E-state index is 13.3. The van der Waals surface area contributed by atoms with Gasteiger partial charge in [0.25, 0.3) is 0 Å². The third-order valence-electron chi connectivity index (χ3n) is 5.40. The van der Waals surface area contributed by atoms with Gasteiger partial charge in [0.1, 0.15) is 22.2 Å². The highest BCUT2D eigenvalue weighted by atomic mass is 32.2. The van der Waals surface area contributed by atoms with Gasteiger partial charge in [-0.2, -0.15) is 9.29 Å². The van der Waals surface area contributed by atoms with Gasteiger partial charge in [-0.3, -0.25) is 0 Å². The predicted octanol–water partition coefficient (Wildman–Crippen LogP) is 3.06. The molecular weight excluding hydrogens is 442 g/mol. The summed E-state index contributed by atoms with van der Waals surface area (Å²) < 4.78 is 38.6. The first-order valence-corrected chi connectivity index (χ1v) is 12.0. The predicted molar refractivity (Wildman–Crippen MR) is 127 cm³/mol. The summed E-state index contributed by atoms with van der Waals surface area (Å²) in [4.78, 5) is 11.3. The number of sulfonamides is 1. The Morgan fingerprint density at radius 3 is 2.30 bits per heavy atom. The Balaban J connectivity index is 1.50. The van der Waals surface area contributed by atoms with Crippen molar-refractivity contribution in [1.82, 2.24) is 14.3 Å². The van der Waals surface area contributed by atoms with Crippen LogP contribution in [0.4, 0.5) is 17.5 Å². The lowest BCUT2D eigenvalue weighted by Gasteiger charge is -2.34. The Labute approximate surface area is 194 Å². The van der Waals surface area contributed by atoms with Crippen LogP contribution < -0.4 is 19.7 Å². The van der Waals surface area contributed by atoms with Crippen molar-refractivity contribution >= 4 is 27.5 Å². The van der Waals surface area contributed by atoms with Crippen LogP contribution >= 0.6 is 0 Å². The van der Waals surface area contributed by atoms with Gasteiger partial charge in [0, 0.05) is 49.7 Å². The normalized spacial score (nSPS) is 14.7. The summed E-state index contributed by atoms with van der Waals surface area (Å²) in [6, 6.07) is 16.4. The number of aromatic nitrogens is 2. The largest absolute Gasteiger partial charge is 0.497 e. The molecule has 1 saturated heterocycles. The van der Waals surface area contributed by atoms with Gasteiger partial charge in [0.2, 0.25) is 16.0 Å². The highest BCUT2D eigenvalue weighted by molar-refractivity contribution is 7.89. The molecule has 0 amide bonds. The fraction of sp³-hybridized carbons (Fsp3) is 0.304. The zero-order valence-corrected chi connectivity index (χ0v) is 19.7. The summed E-state index contributed by atoms with van der Waals surface area (Å²) >= 11 is 0. The van der Waals surface area contributed by atoms with E-state index in [2.05, 4.69) is 15.3 Å². The molecule has 0 radical (unpaired) electrons. The van der Waals surface area contributed by atoms with Gasteiger partial charge in [-0.05, 0) is 31.2 Å². The van der Waals surface area contributed by atoms with Crippen LogP contribution in [0, 0.1) is 6.92 Å². The maximum Gasteiger partial charge on any atom is 0.247 e. The second-order valence-electron chi connectivity index (χ2n) is 7.59. The number of nitrogens with one attached hydrogen (secondary N) is 1. The van der Waals surface area contributed by atoms with E-state index in [1.54, 1.807) is 12.1 Å². The minimum atomic E-state index is -3.75. The van der Waals surface area contributed by atoms with E-state index < -0.39 is 10.0 Å². The van der Waals surface area contributed by atoms with Crippen LogP contribution in [0.2, 0.25) is 0 Å². The standard InChI is InChI=1S/C23H27N5O4S/c1-17-15-22(25-18-7-5-4-6-8-18)26-23(24-17)27-11-13-28(14-12-27)33(29,30)21-16-19(31-2)9-10-20(21)32-3/h4-10,15-16H,11-14H2,1-3H3,(H,24,25,26). The molecule has 0 atom stereocenters. The smallest absolute Gasteiger partial charge is 0.247 e. The summed E-state index contributed by atoms with van der Waals surface area (Å²) in [6.07, 6.45) is 0. The van der Waals surface area contributed by atoms with E-state index in [-0.39, 0.29) is 10.6 Å². The third-order valence-corrected chi connectivity index (χ3v) is 7.32. The summed E-state index contributed by atoms with van der Waals surface area (Å²) in [5.41, 5.74) is 1.76. The Morgan fingerprint density at radius 1 is 0.909 bits per heavy atom. The van der Waals surface area contributed by atoms with Crippen LogP contribution in [-0.4, -0.2) is 63.1 Å². The summed E-state index contributed by atoms with van der Waals surface area (Å²) in [5.74, 6) is 2.01. The molecule has 9 nitrogen and oxygen atoms in total. The Bertz CT molecular complexity index is 1210. The molecule has 1 N–H and O–H groups in total. The van der Waals surface area contributed by atoms with E-state index in [9.17, 15) is 8.42 Å². The average molecular weight is 470 g/mol. The number of methoxy groups -OCH3 is 2. The number of hydrogen-bond donors (Lipinski definition) is 1. The minimum Gasteiger partial charge on any atom is -0.497 e. The third kappa shape index (κ3) is 5.01. The van der Waals surface area contributed by atoms with Gasteiger partial charge in [-0.15, -0.1) is 0 Å². The zero-order chi connectivity index (χ0) is 23.4. The number of aryl methyl sites for hydroxylation is 1. The lowest BCUT2D eigenvalue weighted by molar-refractivity contribution is 0.369. The Morgan fingerprint density at radius 2 is 1.64 bits per heavy atom. The first-order chi connectivity index (χ1) is 15.9. The van der Waals surface area contributed by atoms with Crippen LogP contribution in [0.25, 0.3) is 0 Å².